The summed E-state index contributed by atoms with van der Waals surface area (Å²) in [4.78, 5) is 41.4. The number of aromatic nitrogens is 4. The van der Waals surface area contributed by atoms with Crippen molar-refractivity contribution >= 4 is 38.7 Å². The molecule has 136 valence electrons. The fourth-order valence-electron chi connectivity index (χ4n) is 2.74. The van der Waals surface area contributed by atoms with Crippen molar-refractivity contribution in [1.29, 1.82) is 0 Å². The van der Waals surface area contributed by atoms with E-state index in [1.54, 1.807) is 13.0 Å². The monoisotopic (exact) mass is 419 g/mol. The van der Waals surface area contributed by atoms with Crippen LogP contribution < -0.4 is 16.6 Å². The minimum Gasteiger partial charge on any atom is -0.323 e. The maximum atomic E-state index is 12.7. The zero-order chi connectivity index (χ0) is 19.2. The van der Waals surface area contributed by atoms with Crippen LogP contribution in [0.2, 0.25) is 0 Å². The second kappa shape index (κ2) is 6.56. The summed E-state index contributed by atoms with van der Waals surface area (Å²) in [6, 6.07) is 4.90. The molecule has 26 heavy (non-hydrogen) atoms. The number of carbonyl (C=O) groups is 1. The third kappa shape index (κ3) is 2.88. The summed E-state index contributed by atoms with van der Waals surface area (Å²) in [5.74, 6) is -0.301. The fourth-order valence-corrected chi connectivity index (χ4v) is 3.34. The molecule has 0 unspecified atom stereocenters. The Labute approximate surface area is 157 Å². The lowest BCUT2D eigenvalue weighted by molar-refractivity contribution is -0.118. The van der Waals surface area contributed by atoms with Crippen LogP contribution in [0.5, 0.6) is 0 Å². The van der Waals surface area contributed by atoms with Gasteiger partial charge in [0.15, 0.2) is 11.2 Å². The van der Waals surface area contributed by atoms with E-state index in [0.29, 0.717) is 5.69 Å². The number of halogens is 1. The molecule has 0 aliphatic heterocycles. The number of nitrogens with one attached hydrogen (secondary N) is 1. The van der Waals surface area contributed by atoms with Crippen LogP contribution in [-0.2, 0) is 18.9 Å². The molecular weight excluding hydrogens is 402 g/mol. The highest BCUT2D eigenvalue weighted by molar-refractivity contribution is 9.10. The highest BCUT2D eigenvalue weighted by Crippen LogP contribution is 2.24. The Morgan fingerprint density at radius 1 is 1.23 bits per heavy atom. The minimum atomic E-state index is -0.696. The van der Waals surface area contributed by atoms with Crippen molar-refractivity contribution in [3.8, 4) is 0 Å². The van der Waals surface area contributed by atoms with E-state index in [1.165, 1.54) is 29.6 Å². The van der Waals surface area contributed by atoms with Gasteiger partial charge in [-0.05, 0) is 47.5 Å². The van der Waals surface area contributed by atoms with E-state index in [0.717, 1.165) is 14.6 Å². The summed E-state index contributed by atoms with van der Waals surface area (Å²) in [7, 11) is 2.94. The third-order valence-electron chi connectivity index (χ3n) is 4.35. The molecule has 2 heterocycles. The van der Waals surface area contributed by atoms with Crippen molar-refractivity contribution in [3.05, 3.63) is 55.4 Å². The standard InChI is InChI=1S/C17H18BrN5O3/c1-9-5-6-12(11(18)7-9)20-15(24)10(2)23-8-19-14-13(23)16(25)22(4)17(26)21(14)3/h5-8,10H,1-4H3,(H,20,24)/t10-/m0/s1. The Balaban J connectivity index is 2.02. The number of rotatable bonds is 3. The highest BCUT2D eigenvalue weighted by Gasteiger charge is 2.22. The number of carbonyl (C=O) groups excluding carboxylic acids is 1. The first kappa shape index (κ1) is 18.1. The predicted molar refractivity (Wildman–Crippen MR) is 102 cm³/mol. The van der Waals surface area contributed by atoms with Gasteiger partial charge in [-0.3, -0.25) is 18.7 Å². The second-order valence-corrected chi connectivity index (χ2v) is 7.03. The quantitative estimate of drug-likeness (QED) is 0.699. The molecule has 0 bridgehead atoms. The lowest BCUT2D eigenvalue weighted by Crippen LogP contribution is -2.38. The van der Waals surface area contributed by atoms with Crippen LogP contribution in [0.25, 0.3) is 11.2 Å². The van der Waals surface area contributed by atoms with Crippen LogP contribution in [0.15, 0.2) is 38.6 Å². The molecule has 8 nitrogen and oxygen atoms in total. The number of amides is 1. The van der Waals surface area contributed by atoms with Gasteiger partial charge in [0.2, 0.25) is 5.91 Å². The first-order chi connectivity index (χ1) is 12.2. The van der Waals surface area contributed by atoms with Crippen LogP contribution in [0.4, 0.5) is 5.69 Å². The van der Waals surface area contributed by atoms with E-state index in [9.17, 15) is 14.4 Å². The van der Waals surface area contributed by atoms with Crippen LogP contribution in [0, 0.1) is 6.92 Å². The predicted octanol–water partition coefficient (Wildman–Crippen LogP) is 1.70. The zero-order valence-corrected chi connectivity index (χ0v) is 16.4. The van der Waals surface area contributed by atoms with E-state index in [2.05, 4.69) is 26.2 Å². The molecule has 2 aromatic heterocycles. The average Bonchev–Trinajstić information content (AvgIpc) is 3.04. The van der Waals surface area contributed by atoms with Crippen molar-refractivity contribution in [2.24, 2.45) is 14.1 Å². The van der Waals surface area contributed by atoms with E-state index in [-0.39, 0.29) is 17.1 Å². The van der Waals surface area contributed by atoms with Gasteiger partial charge in [-0.2, -0.15) is 0 Å². The van der Waals surface area contributed by atoms with E-state index >= 15 is 0 Å². The van der Waals surface area contributed by atoms with Crippen molar-refractivity contribution in [3.63, 3.8) is 0 Å². The normalized spacial score (nSPS) is 12.3. The Morgan fingerprint density at radius 2 is 1.92 bits per heavy atom. The molecule has 3 rings (SSSR count). The molecule has 1 amide bonds. The molecule has 0 aliphatic rings. The van der Waals surface area contributed by atoms with Gasteiger partial charge in [0.05, 0.1) is 12.0 Å². The Kier molecular flexibility index (Phi) is 4.57. The van der Waals surface area contributed by atoms with Crippen molar-refractivity contribution in [1.82, 2.24) is 18.7 Å². The van der Waals surface area contributed by atoms with Gasteiger partial charge in [0, 0.05) is 18.6 Å². The summed E-state index contributed by atoms with van der Waals surface area (Å²) in [6.45, 7) is 3.62. The SMILES string of the molecule is Cc1ccc(NC(=O)[C@H](C)n2cnc3c2c(=O)n(C)c(=O)n3C)c(Br)c1. The van der Waals surface area contributed by atoms with E-state index in [1.807, 2.05) is 19.1 Å². The van der Waals surface area contributed by atoms with E-state index < -0.39 is 17.3 Å². The molecule has 0 radical (unpaired) electrons. The van der Waals surface area contributed by atoms with Crippen molar-refractivity contribution in [2.45, 2.75) is 19.9 Å². The molecule has 1 N–H and O–H groups in total. The number of anilines is 1. The van der Waals surface area contributed by atoms with Gasteiger partial charge in [-0.25, -0.2) is 9.78 Å². The largest absolute Gasteiger partial charge is 0.332 e. The maximum absolute atomic E-state index is 12.7. The molecule has 0 saturated carbocycles. The number of hydrogen-bond donors (Lipinski definition) is 1. The molecule has 0 fully saturated rings. The van der Waals surface area contributed by atoms with Crippen molar-refractivity contribution in [2.75, 3.05) is 5.32 Å². The molecule has 0 saturated heterocycles. The smallest absolute Gasteiger partial charge is 0.323 e. The number of imidazole rings is 1. The first-order valence-electron chi connectivity index (χ1n) is 7.92. The molecular formula is C17H18BrN5O3. The number of benzene rings is 1. The molecule has 0 aliphatic carbocycles. The van der Waals surface area contributed by atoms with Crippen molar-refractivity contribution < 1.29 is 4.79 Å². The van der Waals surface area contributed by atoms with Crippen LogP contribution in [0.1, 0.15) is 18.5 Å². The van der Waals surface area contributed by atoms with Gasteiger partial charge >= 0.3 is 5.69 Å². The van der Waals surface area contributed by atoms with Crippen LogP contribution in [0.3, 0.4) is 0 Å². The molecule has 1 atom stereocenters. The summed E-state index contributed by atoms with van der Waals surface area (Å²) in [5.41, 5.74) is 1.20. The summed E-state index contributed by atoms with van der Waals surface area (Å²) < 4.78 is 4.54. The van der Waals surface area contributed by atoms with Gasteiger partial charge in [0.25, 0.3) is 5.56 Å². The van der Waals surface area contributed by atoms with Gasteiger partial charge in [-0.15, -0.1) is 0 Å². The van der Waals surface area contributed by atoms with Crippen LogP contribution in [-0.4, -0.2) is 24.6 Å². The molecule has 1 aromatic carbocycles. The number of fused-ring (bicyclic) bond motifs is 1. The maximum Gasteiger partial charge on any atom is 0.332 e. The van der Waals surface area contributed by atoms with Crippen LogP contribution >= 0.6 is 15.9 Å². The zero-order valence-electron chi connectivity index (χ0n) is 14.8. The number of hydrogen-bond acceptors (Lipinski definition) is 4. The summed E-state index contributed by atoms with van der Waals surface area (Å²) in [6.07, 6.45) is 1.40. The average molecular weight is 420 g/mol. The fraction of sp³-hybridized carbons (Fsp3) is 0.294. The lowest BCUT2D eigenvalue weighted by atomic mass is 10.2. The number of aryl methyl sites for hydroxylation is 2. The molecule has 3 aromatic rings. The number of nitrogens with zero attached hydrogens (tertiary/aromatic N) is 4. The molecule has 9 heteroatoms. The summed E-state index contributed by atoms with van der Waals surface area (Å²) in [5, 5.41) is 2.84. The third-order valence-corrected chi connectivity index (χ3v) is 5.01. The Morgan fingerprint density at radius 3 is 2.58 bits per heavy atom. The van der Waals surface area contributed by atoms with E-state index in [4.69, 9.17) is 0 Å². The minimum absolute atomic E-state index is 0.209. The first-order valence-corrected chi connectivity index (χ1v) is 8.71. The lowest BCUT2D eigenvalue weighted by Gasteiger charge is -2.15. The molecule has 0 spiro atoms. The van der Waals surface area contributed by atoms with Gasteiger partial charge in [0.1, 0.15) is 6.04 Å². The topological polar surface area (TPSA) is 90.9 Å². The Hall–Kier alpha value is -2.68. The van der Waals surface area contributed by atoms with Gasteiger partial charge in [-0.1, -0.05) is 6.07 Å². The highest BCUT2D eigenvalue weighted by atomic mass is 79.9. The Bertz CT molecular complexity index is 1140. The van der Waals surface area contributed by atoms with Gasteiger partial charge < -0.3 is 9.88 Å². The second-order valence-electron chi connectivity index (χ2n) is 6.18. The summed E-state index contributed by atoms with van der Waals surface area (Å²) >= 11 is 3.43.